The van der Waals surface area contributed by atoms with E-state index < -0.39 is 0 Å². The highest BCUT2D eigenvalue weighted by Crippen LogP contribution is 2.31. The number of rotatable bonds is 3. The minimum Gasteiger partial charge on any atom is -0.346 e. The van der Waals surface area contributed by atoms with Gasteiger partial charge in [-0.1, -0.05) is 17.4 Å². The smallest absolute Gasteiger partial charge is 0.229 e. The quantitative estimate of drug-likeness (QED) is 0.769. The first-order valence-corrected chi connectivity index (χ1v) is 9.14. The van der Waals surface area contributed by atoms with Crippen LogP contribution in [-0.2, 0) is 9.59 Å². The SMILES string of the molecule is CN1CCC(C(=O)Nc2ncc(-c3ccc4nnccc4c3)s2)CC1=O. The summed E-state index contributed by atoms with van der Waals surface area (Å²) in [5.41, 5.74) is 1.85. The van der Waals surface area contributed by atoms with Crippen LogP contribution in [0.2, 0.25) is 0 Å². The second-order valence-electron chi connectivity index (χ2n) is 6.33. The van der Waals surface area contributed by atoms with Crippen LogP contribution in [0.5, 0.6) is 0 Å². The summed E-state index contributed by atoms with van der Waals surface area (Å²) in [5.74, 6) is -0.415. The van der Waals surface area contributed by atoms with Gasteiger partial charge in [0, 0.05) is 37.5 Å². The zero-order chi connectivity index (χ0) is 18.1. The number of benzene rings is 1. The van der Waals surface area contributed by atoms with Crippen LogP contribution in [-0.4, -0.2) is 45.5 Å². The van der Waals surface area contributed by atoms with Crippen LogP contribution in [0, 0.1) is 5.92 Å². The maximum atomic E-state index is 12.4. The number of amides is 2. The Balaban J connectivity index is 1.49. The number of aromatic nitrogens is 3. The molecule has 26 heavy (non-hydrogen) atoms. The first kappa shape index (κ1) is 16.6. The zero-order valence-corrected chi connectivity index (χ0v) is 15.0. The molecule has 8 heteroatoms. The van der Waals surface area contributed by atoms with Crippen LogP contribution in [0.15, 0.2) is 36.7 Å². The molecule has 1 atom stereocenters. The van der Waals surface area contributed by atoms with E-state index in [9.17, 15) is 9.59 Å². The van der Waals surface area contributed by atoms with Crippen molar-refractivity contribution in [2.75, 3.05) is 18.9 Å². The van der Waals surface area contributed by atoms with Crippen molar-refractivity contribution in [1.29, 1.82) is 0 Å². The molecule has 3 heterocycles. The van der Waals surface area contributed by atoms with Crippen molar-refractivity contribution in [3.8, 4) is 10.4 Å². The molecule has 1 unspecified atom stereocenters. The van der Waals surface area contributed by atoms with E-state index in [0.29, 0.717) is 18.1 Å². The van der Waals surface area contributed by atoms with Gasteiger partial charge in [0.15, 0.2) is 5.13 Å². The van der Waals surface area contributed by atoms with E-state index in [1.165, 1.54) is 11.3 Å². The van der Waals surface area contributed by atoms with Gasteiger partial charge in [0.1, 0.15) is 0 Å². The number of nitrogens with zero attached hydrogens (tertiary/aromatic N) is 4. The lowest BCUT2D eigenvalue weighted by Crippen LogP contribution is -2.39. The molecule has 4 rings (SSSR count). The molecule has 0 aliphatic carbocycles. The average molecular weight is 367 g/mol. The zero-order valence-electron chi connectivity index (χ0n) is 14.2. The molecule has 0 spiro atoms. The molecule has 3 aromatic rings. The number of carbonyl (C=O) groups excluding carboxylic acids is 2. The lowest BCUT2D eigenvalue weighted by molar-refractivity contribution is -0.137. The van der Waals surface area contributed by atoms with Gasteiger partial charge >= 0.3 is 0 Å². The van der Waals surface area contributed by atoms with Crippen molar-refractivity contribution in [3.63, 3.8) is 0 Å². The van der Waals surface area contributed by atoms with Gasteiger partial charge in [0.05, 0.1) is 16.6 Å². The minimum absolute atomic E-state index is 0.00971. The molecule has 1 fully saturated rings. The maximum Gasteiger partial charge on any atom is 0.229 e. The standard InChI is InChI=1S/C18H17N5O2S/c1-23-7-5-13(9-16(23)24)17(25)21-18-19-10-15(26-18)12-2-3-14-11(8-12)4-6-20-22-14/h2-4,6,8,10,13H,5,7,9H2,1H3,(H,19,21,25). The normalized spacial score (nSPS) is 17.5. The third kappa shape index (κ3) is 3.28. The molecule has 0 radical (unpaired) electrons. The topological polar surface area (TPSA) is 88.1 Å². The second kappa shape index (κ2) is 6.80. The summed E-state index contributed by atoms with van der Waals surface area (Å²) in [5, 5.41) is 12.3. The Hall–Kier alpha value is -2.87. The molecule has 1 N–H and O–H groups in total. The summed E-state index contributed by atoms with van der Waals surface area (Å²) in [6, 6.07) is 7.82. The van der Waals surface area contributed by atoms with Gasteiger partial charge in [0.2, 0.25) is 11.8 Å². The number of hydrogen-bond acceptors (Lipinski definition) is 6. The molecule has 1 aromatic carbocycles. The number of thiazole rings is 1. The molecular formula is C18H17N5O2S. The fourth-order valence-electron chi connectivity index (χ4n) is 2.98. The van der Waals surface area contributed by atoms with E-state index in [-0.39, 0.29) is 24.2 Å². The summed E-state index contributed by atoms with van der Waals surface area (Å²) in [6.07, 6.45) is 4.34. The van der Waals surface area contributed by atoms with E-state index in [2.05, 4.69) is 20.5 Å². The lowest BCUT2D eigenvalue weighted by atomic mass is 9.96. The third-order valence-electron chi connectivity index (χ3n) is 4.56. The van der Waals surface area contributed by atoms with Crippen molar-refractivity contribution < 1.29 is 9.59 Å². The van der Waals surface area contributed by atoms with E-state index in [1.807, 2.05) is 24.3 Å². The number of fused-ring (bicyclic) bond motifs is 1. The van der Waals surface area contributed by atoms with Gasteiger partial charge in [-0.25, -0.2) is 4.98 Å². The Morgan fingerprint density at radius 3 is 3.08 bits per heavy atom. The van der Waals surface area contributed by atoms with Crippen molar-refractivity contribution in [2.24, 2.45) is 5.92 Å². The van der Waals surface area contributed by atoms with Crippen molar-refractivity contribution in [3.05, 3.63) is 36.7 Å². The molecule has 0 bridgehead atoms. The Labute approximate surface area is 154 Å². The van der Waals surface area contributed by atoms with E-state index in [0.717, 1.165) is 21.3 Å². The Kier molecular flexibility index (Phi) is 4.34. The van der Waals surface area contributed by atoms with Crippen LogP contribution in [0.4, 0.5) is 5.13 Å². The van der Waals surface area contributed by atoms with Crippen molar-refractivity contribution >= 4 is 39.2 Å². The highest BCUT2D eigenvalue weighted by molar-refractivity contribution is 7.19. The Bertz CT molecular complexity index is 986. The summed E-state index contributed by atoms with van der Waals surface area (Å²) in [4.78, 5) is 31.1. The van der Waals surface area contributed by atoms with Crippen molar-refractivity contribution in [2.45, 2.75) is 12.8 Å². The molecule has 2 aromatic heterocycles. The number of likely N-dealkylation sites (tertiary alicyclic amines) is 1. The predicted octanol–water partition coefficient (Wildman–Crippen LogP) is 2.56. The van der Waals surface area contributed by atoms with Crippen molar-refractivity contribution in [1.82, 2.24) is 20.1 Å². The van der Waals surface area contributed by atoms with Crippen LogP contribution < -0.4 is 5.32 Å². The molecule has 0 saturated carbocycles. The molecule has 2 amide bonds. The minimum atomic E-state index is -0.287. The van der Waals surface area contributed by atoms with E-state index >= 15 is 0 Å². The predicted molar refractivity (Wildman–Crippen MR) is 99.6 cm³/mol. The summed E-state index contributed by atoms with van der Waals surface area (Å²) < 4.78 is 0. The van der Waals surface area contributed by atoms with E-state index in [1.54, 1.807) is 24.3 Å². The average Bonchev–Trinajstić information content (AvgIpc) is 3.12. The van der Waals surface area contributed by atoms with Crippen LogP contribution in [0.3, 0.4) is 0 Å². The van der Waals surface area contributed by atoms with Gasteiger partial charge in [-0.3, -0.25) is 9.59 Å². The lowest BCUT2D eigenvalue weighted by Gasteiger charge is -2.27. The molecule has 1 aliphatic rings. The Morgan fingerprint density at radius 1 is 1.35 bits per heavy atom. The molecular weight excluding hydrogens is 350 g/mol. The first-order chi connectivity index (χ1) is 12.6. The molecule has 1 aliphatic heterocycles. The highest BCUT2D eigenvalue weighted by Gasteiger charge is 2.29. The van der Waals surface area contributed by atoms with Gasteiger partial charge < -0.3 is 10.2 Å². The number of nitrogens with one attached hydrogen (secondary N) is 1. The van der Waals surface area contributed by atoms with Gasteiger partial charge in [-0.15, -0.1) is 0 Å². The summed E-state index contributed by atoms with van der Waals surface area (Å²) in [7, 11) is 1.76. The molecule has 1 saturated heterocycles. The van der Waals surface area contributed by atoms with E-state index in [4.69, 9.17) is 0 Å². The fraction of sp³-hybridized carbons (Fsp3) is 0.278. The molecule has 132 valence electrons. The number of anilines is 1. The van der Waals surface area contributed by atoms with Crippen LogP contribution >= 0.6 is 11.3 Å². The van der Waals surface area contributed by atoms with Gasteiger partial charge in [-0.2, -0.15) is 10.2 Å². The van der Waals surface area contributed by atoms with Gasteiger partial charge in [0.25, 0.3) is 0 Å². The fourth-order valence-corrected chi connectivity index (χ4v) is 3.80. The van der Waals surface area contributed by atoms with Gasteiger partial charge in [-0.05, 0) is 30.2 Å². The largest absolute Gasteiger partial charge is 0.346 e. The molecule has 7 nitrogen and oxygen atoms in total. The monoisotopic (exact) mass is 367 g/mol. The maximum absolute atomic E-state index is 12.4. The number of carbonyl (C=O) groups is 2. The highest BCUT2D eigenvalue weighted by atomic mass is 32.1. The number of hydrogen-bond donors (Lipinski definition) is 1. The summed E-state index contributed by atoms with van der Waals surface area (Å²) >= 11 is 1.41. The second-order valence-corrected chi connectivity index (χ2v) is 7.36. The summed E-state index contributed by atoms with van der Waals surface area (Å²) in [6.45, 7) is 0.611. The Morgan fingerprint density at radius 2 is 2.23 bits per heavy atom. The van der Waals surface area contributed by atoms with Crippen LogP contribution in [0.25, 0.3) is 21.3 Å². The van der Waals surface area contributed by atoms with Crippen LogP contribution in [0.1, 0.15) is 12.8 Å². The first-order valence-electron chi connectivity index (χ1n) is 8.32. The number of piperidine rings is 1. The third-order valence-corrected chi connectivity index (χ3v) is 5.53.